The molecule has 2 aromatic carbocycles. The second-order valence-electron chi connectivity index (χ2n) is 8.30. The largest absolute Gasteiger partial charge is 0.241 e. The summed E-state index contributed by atoms with van der Waals surface area (Å²) in [4.78, 5) is 9.33. The minimum Gasteiger partial charge on any atom is -0.241 e. The number of rotatable bonds is 6. The maximum absolute atomic E-state index is 4.82. The van der Waals surface area contributed by atoms with E-state index in [1.165, 1.54) is 39.0 Å². The number of hydrogen-bond acceptors (Lipinski definition) is 2. The van der Waals surface area contributed by atoms with Crippen LogP contribution in [0.2, 0.25) is 0 Å². The molecular formula is C27H26N2. The number of allylic oxidation sites excluding steroid dienone is 2. The van der Waals surface area contributed by atoms with Crippen LogP contribution in [-0.2, 0) is 38.5 Å². The van der Waals surface area contributed by atoms with Gasteiger partial charge in [-0.3, -0.25) is 0 Å². The molecule has 2 nitrogen and oxygen atoms in total. The van der Waals surface area contributed by atoms with Crippen LogP contribution in [-0.4, -0.2) is 9.97 Å². The van der Waals surface area contributed by atoms with Gasteiger partial charge in [0.25, 0.3) is 0 Å². The maximum atomic E-state index is 4.82. The third kappa shape index (κ3) is 4.07. The van der Waals surface area contributed by atoms with Gasteiger partial charge in [-0.25, -0.2) is 9.97 Å². The molecule has 0 amide bonds. The fourth-order valence-corrected chi connectivity index (χ4v) is 4.40. The molecule has 0 saturated carbocycles. The summed E-state index contributed by atoms with van der Waals surface area (Å²) in [5, 5.41) is 0. The fraction of sp³-hybridized carbons (Fsp3) is 0.259. The Morgan fingerprint density at radius 1 is 0.828 bits per heavy atom. The summed E-state index contributed by atoms with van der Waals surface area (Å²) < 4.78 is 0. The normalized spacial score (nSPS) is 14.0. The van der Waals surface area contributed by atoms with E-state index in [0.717, 1.165) is 50.0 Å². The van der Waals surface area contributed by atoms with Crippen LogP contribution >= 0.6 is 0 Å². The Bertz CT molecular complexity index is 1120. The molecule has 0 aliphatic heterocycles. The van der Waals surface area contributed by atoms with Gasteiger partial charge in [-0.2, -0.15) is 0 Å². The first-order valence-electron chi connectivity index (χ1n) is 10.6. The lowest BCUT2D eigenvalue weighted by molar-refractivity contribution is 0.813. The average Bonchev–Trinajstić information content (AvgIpc) is 3.35. The lowest BCUT2D eigenvalue weighted by atomic mass is 10.0. The van der Waals surface area contributed by atoms with Gasteiger partial charge in [-0.15, -0.1) is 0 Å². The number of aryl methyl sites for hydroxylation is 4. The first-order valence-corrected chi connectivity index (χ1v) is 10.6. The fourth-order valence-electron chi connectivity index (χ4n) is 4.40. The number of aromatic nitrogens is 2. The van der Waals surface area contributed by atoms with Gasteiger partial charge in [0.15, 0.2) is 0 Å². The van der Waals surface area contributed by atoms with Gasteiger partial charge in [-0.1, -0.05) is 60.2 Å². The molecule has 0 saturated heterocycles. The Morgan fingerprint density at radius 2 is 1.62 bits per heavy atom. The zero-order chi connectivity index (χ0) is 19.6. The molecule has 0 fully saturated rings. The third-order valence-corrected chi connectivity index (χ3v) is 6.00. The number of benzene rings is 2. The van der Waals surface area contributed by atoms with Crippen molar-refractivity contribution < 1.29 is 0 Å². The molecule has 1 heterocycles. The minimum atomic E-state index is 0.888. The SMILES string of the molecule is CC1=Cc2cc(CCc3nccc(CCc4ccc5c(c4)C=CC5)n3)ccc2C1. The minimum absolute atomic E-state index is 0.888. The molecule has 3 aromatic rings. The van der Waals surface area contributed by atoms with Crippen molar-refractivity contribution in [3.63, 3.8) is 0 Å². The highest BCUT2D eigenvalue weighted by atomic mass is 14.9. The van der Waals surface area contributed by atoms with Gasteiger partial charge in [-0.05, 0) is 78.5 Å². The average molecular weight is 379 g/mol. The Balaban J connectivity index is 1.21. The Labute approximate surface area is 173 Å². The van der Waals surface area contributed by atoms with Crippen LogP contribution in [0, 0.1) is 0 Å². The quantitative estimate of drug-likeness (QED) is 0.560. The molecule has 0 unspecified atom stereocenters. The van der Waals surface area contributed by atoms with E-state index in [0.29, 0.717) is 0 Å². The number of fused-ring (bicyclic) bond motifs is 2. The highest BCUT2D eigenvalue weighted by molar-refractivity contribution is 5.64. The summed E-state index contributed by atoms with van der Waals surface area (Å²) >= 11 is 0. The molecular weight excluding hydrogens is 352 g/mol. The molecule has 0 N–H and O–H groups in total. The molecule has 0 spiro atoms. The predicted octanol–water partition coefficient (Wildman–Crippen LogP) is 5.58. The molecule has 144 valence electrons. The van der Waals surface area contributed by atoms with E-state index < -0.39 is 0 Å². The molecule has 2 aliphatic rings. The summed E-state index contributed by atoms with van der Waals surface area (Å²) in [6.07, 6.45) is 14.7. The van der Waals surface area contributed by atoms with Crippen LogP contribution < -0.4 is 0 Å². The Hall–Kier alpha value is -3.00. The monoisotopic (exact) mass is 378 g/mol. The number of hydrogen-bond donors (Lipinski definition) is 0. The zero-order valence-corrected chi connectivity index (χ0v) is 17.0. The lowest BCUT2D eigenvalue weighted by Gasteiger charge is -2.07. The van der Waals surface area contributed by atoms with Crippen molar-refractivity contribution in [3.05, 3.63) is 105 Å². The van der Waals surface area contributed by atoms with Crippen molar-refractivity contribution in [1.29, 1.82) is 0 Å². The summed E-state index contributed by atoms with van der Waals surface area (Å²) in [5.41, 5.74) is 11.0. The van der Waals surface area contributed by atoms with Gasteiger partial charge in [0, 0.05) is 18.3 Å². The highest BCUT2D eigenvalue weighted by Crippen LogP contribution is 2.26. The van der Waals surface area contributed by atoms with E-state index in [9.17, 15) is 0 Å². The Kier molecular flexibility index (Phi) is 4.85. The topological polar surface area (TPSA) is 25.8 Å². The molecule has 2 heteroatoms. The molecule has 5 rings (SSSR count). The van der Waals surface area contributed by atoms with E-state index in [4.69, 9.17) is 4.98 Å². The van der Waals surface area contributed by atoms with Crippen LogP contribution in [0.25, 0.3) is 12.2 Å². The van der Waals surface area contributed by atoms with Gasteiger partial charge >= 0.3 is 0 Å². The molecule has 2 aliphatic carbocycles. The summed E-state index contributed by atoms with van der Waals surface area (Å²) in [7, 11) is 0. The maximum Gasteiger partial charge on any atom is 0.128 e. The molecule has 0 bridgehead atoms. The Morgan fingerprint density at radius 3 is 2.52 bits per heavy atom. The van der Waals surface area contributed by atoms with Crippen LogP contribution in [0.3, 0.4) is 0 Å². The van der Waals surface area contributed by atoms with E-state index >= 15 is 0 Å². The van der Waals surface area contributed by atoms with E-state index in [1.807, 2.05) is 6.20 Å². The van der Waals surface area contributed by atoms with Gasteiger partial charge in [0.05, 0.1) is 0 Å². The predicted molar refractivity (Wildman–Crippen MR) is 120 cm³/mol. The first-order chi connectivity index (χ1) is 14.2. The van der Waals surface area contributed by atoms with Crippen LogP contribution in [0.15, 0.2) is 60.3 Å². The standard InChI is InChI=1S/C27H26N2/c1-19-15-24-10-6-21(18-25(24)16-19)8-12-27-28-14-13-26(29-27)11-7-20-5-9-22-3-2-4-23(22)17-20/h2,4-6,9-10,13-14,16-18H,3,7-8,11-12,15H2,1H3. The lowest BCUT2D eigenvalue weighted by Crippen LogP contribution is -2.03. The van der Waals surface area contributed by atoms with Gasteiger partial charge in [0.1, 0.15) is 5.82 Å². The molecule has 0 radical (unpaired) electrons. The molecule has 0 atom stereocenters. The van der Waals surface area contributed by atoms with Crippen LogP contribution in [0.1, 0.15) is 51.8 Å². The number of nitrogens with zero attached hydrogens (tertiary/aromatic N) is 2. The van der Waals surface area contributed by atoms with E-state index in [2.05, 4.69) is 72.6 Å². The van der Waals surface area contributed by atoms with E-state index in [1.54, 1.807) is 0 Å². The first kappa shape index (κ1) is 18.1. The van der Waals surface area contributed by atoms with Crippen molar-refractivity contribution in [2.45, 2.75) is 45.4 Å². The smallest absolute Gasteiger partial charge is 0.128 e. The van der Waals surface area contributed by atoms with Crippen molar-refractivity contribution in [3.8, 4) is 0 Å². The third-order valence-electron chi connectivity index (χ3n) is 6.00. The second kappa shape index (κ2) is 7.79. The zero-order valence-electron chi connectivity index (χ0n) is 17.0. The van der Waals surface area contributed by atoms with Crippen molar-refractivity contribution in [2.24, 2.45) is 0 Å². The second-order valence-corrected chi connectivity index (χ2v) is 8.30. The summed E-state index contributed by atoms with van der Waals surface area (Å²) in [6.45, 7) is 2.21. The van der Waals surface area contributed by atoms with Crippen molar-refractivity contribution in [2.75, 3.05) is 0 Å². The summed E-state index contributed by atoms with van der Waals surface area (Å²) in [6, 6.07) is 15.8. The summed E-state index contributed by atoms with van der Waals surface area (Å²) in [5.74, 6) is 0.951. The molecule has 29 heavy (non-hydrogen) atoms. The van der Waals surface area contributed by atoms with Crippen LogP contribution in [0.5, 0.6) is 0 Å². The van der Waals surface area contributed by atoms with Crippen molar-refractivity contribution in [1.82, 2.24) is 9.97 Å². The highest BCUT2D eigenvalue weighted by Gasteiger charge is 2.10. The van der Waals surface area contributed by atoms with E-state index in [-0.39, 0.29) is 0 Å². The molecule has 1 aromatic heterocycles. The van der Waals surface area contributed by atoms with Gasteiger partial charge in [0.2, 0.25) is 0 Å². The van der Waals surface area contributed by atoms with Gasteiger partial charge < -0.3 is 0 Å². The van der Waals surface area contributed by atoms with Crippen LogP contribution in [0.4, 0.5) is 0 Å². The van der Waals surface area contributed by atoms with Crippen molar-refractivity contribution >= 4 is 12.2 Å².